The van der Waals surface area contributed by atoms with E-state index in [1.54, 1.807) is 12.3 Å². The van der Waals surface area contributed by atoms with Gasteiger partial charge in [-0.25, -0.2) is 0 Å². The highest BCUT2D eigenvalue weighted by Crippen LogP contribution is 2.21. The number of ether oxygens (including phenoxy) is 1. The van der Waals surface area contributed by atoms with Gasteiger partial charge in [0.2, 0.25) is 0 Å². The molecule has 5 nitrogen and oxygen atoms in total. The molecule has 0 aliphatic carbocycles. The van der Waals surface area contributed by atoms with Crippen LogP contribution in [0.5, 0.6) is 5.75 Å². The zero-order valence-corrected chi connectivity index (χ0v) is 14.1. The van der Waals surface area contributed by atoms with Crippen molar-refractivity contribution >= 4 is 17.5 Å². The predicted molar refractivity (Wildman–Crippen MR) is 93.1 cm³/mol. The van der Waals surface area contributed by atoms with Crippen LogP contribution >= 0.6 is 11.6 Å². The van der Waals surface area contributed by atoms with Crippen molar-refractivity contribution in [3.8, 4) is 5.75 Å². The second kappa shape index (κ2) is 7.64. The molecule has 24 heavy (non-hydrogen) atoms. The van der Waals surface area contributed by atoms with E-state index in [4.69, 9.17) is 22.1 Å². The van der Waals surface area contributed by atoms with Gasteiger partial charge in [0.15, 0.2) is 0 Å². The first-order valence-corrected chi connectivity index (χ1v) is 8.40. The van der Waals surface area contributed by atoms with Gasteiger partial charge in [0, 0.05) is 43.7 Å². The van der Waals surface area contributed by atoms with E-state index in [-0.39, 0.29) is 12.0 Å². The Kier molecular flexibility index (Phi) is 5.33. The molecule has 2 N–H and O–H groups in total. The van der Waals surface area contributed by atoms with Crippen LogP contribution in [0.2, 0.25) is 5.02 Å². The Morgan fingerprint density at radius 2 is 1.96 bits per heavy atom. The lowest BCUT2D eigenvalue weighted by atomic mass is 10.1. The normalized spacial score (nSPS) is 15.3. The number of benzene rings is 1. The number of likely N-dealkylation sites (tertiary alicyclic amines) is 1. The molecule has 1 fully saturated rings. The van der Waals surface area contributed by atoms with Crippen molar-refractivity contribution in [2.45, 2.75) is 25.5 Å². The number of aromatic nitrogens is 1. The average molecular weight is 346 g/mol. The van der Waals surface area contributed by atoms with Crippen LogP contribution < -0.4 is 10.5 Å². The van der Waals surface area contributed by atoms with Crippen LogP contribution in [0.15, 0.2) is 42.6 Å². The lowest BCUT2D eigenvalue weighted by Gasteiger charge is -2.32. The van der Waals surface area contributed by atoms with Gasteiger partial charge in [-0.05, 0) is 42.0 Å². The molecule has 0 spiro atoms. The molecule has 1 aromatic heterocycles. The monoisotopic (exact) mass is 345 g/mol. The molecule has 2 heterocycles. The van der Waals surface area contributed by atoms with E-state index in [1.807, 2.05) is 35.2 Å². The zero-order chi connectivity index (χ0) is 16.9. The van der Waals surface area contributed by atoms with Gasteiger partial charge in [-0.3, -0.25) is 9.78 Å². The average Bonchev–Trinajstić information content (AvgIpc) is 2.64. The molecule has 126 valence electrons. The molecule has 1 aliphatic rings. The number of carbonyl (C=O) groups is 1. The lowest BCUT2D eigenvalue weighted by Crippen LogP contribution is -2.42. The Hall–Kier alpha value is -2.11. The fourth-order valence-electron chi connectivity index (χ4n) is 2.76. The SMILES string of the molecule is NCc1ccnc(C(=O)N2CCC(Oc3ccc(Cl)cc3)CC2)c1. The van der Waals surface area contributed by atoms with Crippen molar-refractivity contribution in [2.24, 2.45) is 5.73 Å². The number of halogens is 1. The molecular weight excluding hydrogens is 326 g/mol. The van der Waals surface area contributed by atoms with E-state index in [1.165, 1.54) is 0 Å². The molecule has 1 saturated heterocycles. The third kappa shape index (κ3) is 4.04. The Morgan fingerprint density at radius 3 is 2.62 bits per heavy atom. The first-order valence-electron chi connectivity index (χ1n) is 8.02. The highest BCUT2D eigenvalue weighted by molar-refractivity contribution is 6.30. The van der Waals surface area contributed by atoms with Gasteiger partial charge >= 0.3 is 0 Å². The second-order valence-corrected chi connectivity index (χ2v) is 6.25. The number of hydrogen-bond acceptors (Lipinski definition) is 4. The van der Waals surface area contributed by atoms with Gasteiger partial charge in [0.1, 0.15) is 17.5 Å². The fraction of sp³-hybridized carbons (Fsp3) is 0.333. The number of amides is 1. The van der Waals surface area contributed by atoms with Crippen molar-refractivity contribution in [3.63, 3.8) is 0 Å². The minimum atomic E-state index is -0.0461. The molecule has 0 bridgehead atoms. The maximum absolute atomic E-state index is 12.5. The molecule has 1 aliphatic heterocycles. The van der Waals surface area contributed by atoms with Gasteiger partial charge < -0.3 is 15.4 Å². The zero-order valence-electron chi connectivity index (χ0n) is 13.3. The number of hydrogen-bond donors (Lipinski definition) is 1. The van der Waals surface area contributed by atoms with E-state index < -0.39 is 0 Å². The van der Waals surface area contributed by atoms with Gasteiger partial charge in [-0.2, -0.15) is 0 Å². The Labute approximate surface area is 146 Å². The minimum Gasteiger partial charge on any atom is -0.490 e. The molecular formula is C18H20ClN3O2. The lowest BCUT2D eigenvalue weighted by molar-refractivity contribution is 0.0590. The van der Waals surface area contributed by atoms with E-state index in [0.29, 0.717) is 30.4 Å². The summed E-state index contributed by atoms with van der Waals surface area (Å²) in [6.07, 6.45) is 3.33. The number of pyridine rings is 1. The second-order valence-electron chi connectivity index (χ2n) is 5.82. The third-order valence-corrected chi connectivity index (χ3v) is 4.38. The number of nitrogens with two attached hydrogens (primary N) is 1. The Balaban J connectivity index is 1.56. The predicted octanol–water partition coefficient (Wildman–Crippen LogP) is 2.88. The standard InChI is InChI=1S/C18H20ClN3O2/c19-14-1-3-15(4-2-14)24-16-6-9-22(10-7-16)18(23)17-11-13(12-20)5-8-21-17/h1-5,8,11,16H,6-7,9-10,12,20H2. The molecule has 0 unspecified atom stereocenters. The summed E-state index contributed by atoms with van der Waals surface area (Å²) in [6, 6.07) is 10.9. The summed E-state index contributed by atoms with van der Waals surface area (Å²) >= 11 is 5.87. The Morgan fingerprint density at radius 1 is 1.25 bits per heavy atom. The van der Waals surface area contributed by atoms with Crippen LogP contribution in [0, 0.1) is 0 Å². The fourth-order valence-corrected chi connectivity index (χ4v) is 2.89. The maximum Gasteiger partial charge on any atom is 0.272 e. The third-order valence-electron chi connectivity index (χ3n) is 4.12. The summed E-state index contributed by atoms with van der Waals surface area (Å²) in [5.41, 5.74) is 6.99. The van der Waals surface area contributed by atoms with Gasteiger partial charge in [-0.1, -0.05) is 11.6 Å². The first-order chi connectivity index (χ1) is 11.7. The van der Waals surface area contributed by atoms with Crippen LogP contribution in [-0.4, -0.2) is 35.0 Å². The van der Waals surface area contributed by atoms with E-state index >= 15 is 0 Å². The van der Waals surface area contributed by atoms with Crippen molar-refractivity contribution in [2.75, 3.05) is 13.1 Å². The topological polar surface area (TPSA) is 68.5 Å². The van der Waals surface area contributed by atoms with Crippen LogP contribution in [-0.2, 0) is 6.54 Å². The largest absolute Gasteiger partial charge is 0.490 e. The number of piperidine rings is 1. The van der Waals surface area contributed by atoms with Crippen LogP contribution in [0.3, 0.4) is 0 Å². The van der Waals surface area contributed by atoms with Gasteiger partial charge in [0.05, 0.1) is 0 Å². The van der Waals surface area contributed by atoms with E-state index in [0.717, 1.165) is 24.2 Å². The highest BCUT2D eigenvalue weighted by Gasteiger charge is 2.25. The van der Waals surface area contributed by atoms with Crippen molar-refractivity contribution in [3.05, 3.63) is 58.9 Å². The number of rotatable bonds is 4. The van der Waals surface area contributed by atoms with Crippen LogP contribution in [0.1, 0.15) is 28.9 Å². The summed E-state index contributed by atoms with van der Waals surface area (Å²) in [6.45, 7) is 1.72. The number of nitrogens with zero attached hydrogens (tertiary/aromatic N) is 2. The summed E-state index contributed by atoms with van der Waals surface area (Å²) in [5.74, 6) is 0.761. The van der Waals surface area contributed by atoms with Crippen molar-refractivity contribution in [1.82, 2.24) is 9.88 Å². The molecule has 6 heteroatoms. The van der Waals surface area contributed by atoms with Crippen molar-refractivity contribution < 1.29 is 9.53 Å². The Bertz CT molecular complexity index is 698. The van der Waals surface area contributed by atoms with Crippen LogP contribution in [0.4, 0.5) is 0 Å². The number of carbonyl (C=O) groups excluding carboxylic acids is 1. The summed E-state index contributed by atoms with van der Waals surface area (Å²) < 4.78 is 5.95. The summed E-state index contributed by atoms with van der Waals surface area (Å²) in [4.78, 5) is 18.5. The molecule has 3 rings (SSSR count). The quantitative estimate of drug-likeness (QED) is 0.925. The molecule has 1 amide bonds. The molecule has 0 saturated carbocycles. The molecule has 1 aromatic carbocycles. The van der Waals surface area contributed by atoms with Crippen molar-refractivity contribution in [1.29, 1.82) is 0 Å². The highest BCUT2D eigenvalue weighted by atomic mass is 35.5. The summed E-state index contributed by atoms with van der Waals surface area (Å²) in [5, 5.41) is 0.690. The van der Waals surface area contributed by atoms with E-state index in [2.05, 4.69) is 4.98 Å². The molecule has 0 radical (unpaired) electrons. The van der Waals surface area contributed by atoms with E-state index in [9.17, 15) is 4.79 Å². The molecule has 0 atom stereocenters. The smallest absolute Gasteiger partial charge is 0.272 e. The van der Waals surface area contributed by atoms with Gasteiger partial charge in [-0.15, -0.1) is 0 Å². The summed E-state index contributed by atoms with van der Waals surface area (Å²) in [7, 11) is 0. The maximum atomic E-state index is 12.5. The molecule has 2 aromatic rings. The van der Waals surface area contributed by atoms with Crippen LogP contribution in [0.25, 0.3) is 0 Å². The first kappa shape index (κ1) is 16.7. The minimum absolute atomic E-state index is 0.0461. The van der Waals surface area contributed by atoms with Gasteiger partial charge in [0.25, 0.3) is 5.91 Å².